The summed E-state index contributed by atoms with van der Waals surface area (Å²) in [6.07, 6.45) is 6.82. The number of piperazine rings is 1. The highest BCUT2D eigenvalue weighted by Gasteiger charge is 2.53. The van der Waals surface area contributed by atoms with Crippen molar-refractivity contribution in [2.45, 2.75) is 37.4 Å². The van der Waals surface area contributed by atoms with E-state index < -0.39 is 0 Å². The van der Waals surface area contributed by atoms with Crippen LogP contribution >= 0.6 is 0 Å². The van der Waals surface area contributed by atoms with Gasteiger partial charge in [0.05, 0.1) is 0 Å². The Bertz CT molecular complexity index is 605. The van der Waals surface area contributed by atoms with Crippen molar-refractivity contribution in [3.63, 3.8) is 0 Å². The van der Waals surface area contributed by atoms with Gasteiger partial charge in [0, 0.05) is 71.4 Å². The number of nitrogens with zero attached hydrogens (tertiary/aromatic N) is 4. The molecule has 4 rings (SSSR count). The molecule has 3 aliphatic heterocycles. The monoisotopic (exact) mass is 344 g/mol. The van der Waals surface area contributed by atoms with Crippen LogP contribution in [0.25, 0.3) is 0 Å². The summed E-state index contributed by atoms with van der Waals surface area (Å²) in [7, 11) is 1.95. The Labute approximate surface area is 149 Å². The summed E-state index contributed by atoms with van der Waals surface area (Å²) in [5.74, 6) is 0.289. The number of hydrogen-bond donors (Lipinski definition) is 0. The van der Waals surface area contributed by atoms with Crippen LogP contribution in [0.1, 0.15) is 24.8 Å². The van der Waals surface area contributed by atoms with Crippen LogP contribution in [0.15, 0.2) is 24.5 Å². The second kappa shape index (κ2) is 7.02. The van der Waals surface area contributed by atoms with Crippen LogP contribution in [0.5, 0.6) is 0 Å². The average molecular weight is 344 g/mol. The Hall–Kier alpha value is -1.50. The standard InChI is InChI=1S/C19H28N4O2/c1-21-9-10-23(14-16-3-2-7-20-13-16)19(18(21)24)6-8-22(15-19)17-4-11-25-12-5-17/h2-3,7,13,17H,4-6,8-12,14-15H2,1H3/t19-/m0/s1. The lowest BCUT2D eigenvalue weighted by Crippen LogP contribution is -2.66. The van der Waals surface area contributed by atoms with Crippen LogP contribution in [0, 0.1) is 0 Å². The molecule has 3 aliphatic rings. The molecule has 0 N–H and O–H groups in total. The van der Waals surface area contributed by atoms with Crippen LogP contribution in [-0.2, 0) is 16.1 Å². The van der Waals surface area contributed by atoms with E-state index in [4.69, 9.17) is 4.74 Å². The van der Waals surface area contributed by atoms with Gasteiger partial charge in [-0.25, -0.2) is 0 Å². The number of amides is 1. The van der Waals surface area contributed by atoms with Gasteiger partial charge in [-0.3, -0.25) is 19.6 Å². The van der Waals surface area contributed by atoms with Crippen LogP contribution in [0.4, 0.5) is 0 Å². The van der Waals surface area contributed by atoms with E-state index in [1.807, 2.05) is 24.2 Å². The van der Waals surface area contributed by atoms with E-state index in [0.29, 0.717) is 6.04 Å². The number of aromatic nitrogens is 1. The van der Waals surface area contributed by atoms with Crippen molar-refractivity contribution in [3.05, 3.63) is 30.1 Å². The molecule has 0 bridgehead atoms. The smallest absolute Gasteiger partial charge is 0.244 e. The molecule has 136 valence electrons. The normalized spacial score (nSPS) is 29.6. The summed E-state index contributed by atoms with van der Waals surface area (Å²) < 4.78 is 5.52. The predicted molar refractivity (Wildman–Crippen MR) is 95.0 cm³/mol. The Balaban J connectivity index is 1.55. The molecule has 6 heteroatoms. The van der Waals surface area contributed by atoms with Crippen LogP contribution < -0.4 is 0 Å². The van der Waals surface area contributed by atoms with Crippen molar-refractivity contribution in [3.8, 4) is 0 Å². The first kappa shape index (κ1) is 16.9. The molecule has 0 unspecified atom stereocenters. The second-order valence-corrected chi connectivity index (χ2v) is 7.61. The summed E-state index contributed by atoms with van der Waals surface area (Å²) in [6, 6.07) is 4.64. The number of carbonyl (C=O) groups is 1. The molecule has 1 aromatic heterocycles. The van der Waals surface area contributed by atoms with Crippen LogP contribution in [0.3, 0.4) is 0 Å². The summed E-state index contributed by atoms with van der Waals surface area (Å²) in [6.45, 7) is 6.09. The maximum Gasteiger partial charge on any atom is 0.244 e. The third-order valence-corrected chi connectivity index (χ3v) is 6.14. The fourth-order valence-electron chi connectivity index (χ4n) is 4.64. The predicted octanol–water partition coefficient (Wildman–Crippen LogP) is 0.979. The summed E-state index contributed by atoms with van der Waals surface area (Å²) in [5, 5.41) is 0. The first-order chi connectivity index (χ1) is 12.2. The maximum absolute atomic E-state index is 13.2. The zero-order chi connectivity index (χ0) is 17.3. The molecule has 1 aromatic rings. The van der Waals surface area contributed by atoms with Gasteiger partial charge >= 0.3 is 0 Å². The van der Waals surface area contributed by atoms with E-state index >= 15 is 0 Å². The van der Waals surface area contributed by atoms with Crippen molar-refractivity contribution < 1.29 is 9.53 Å². The molecule has 3 fully saturated rings. The number of pyridine rings is 1. The number of carbonyl (C=O) groups excluding carboxylic acids is 1. The number of likely N-dealkylation sites (N-methyl/N-ethyl adjacent to an activating group) is 1. The van der Waals surface area contributed by atoms with E-state index in [0.717, 1.165) is 65.2 Å². The Kier molecular flexibility index (Phi) is 4.75. The molecule has 1 spiro atoms. The number of ether oxygens (including phenoxy) is 1. The zero-order valence-electron chi connectivity index (χ0n) is 15.1. The van der Waals surface area contributed by atoms with Gasteiger partial charge in [0.1, 0.15) is 5.54 Å². The summed E-state index contributed by atoms with van der Waals surface area (Å²) in [4.78, 5) is 24.3. The molecule has 25 heavy (non-hydrogen) atoms. The Morgan fingerprint density at radius 3 is 2.88 bits per heavy atom. The lowest BCUT2D eigenvalue weighted by Gasteiger charge is -2.47. The summed E-state index contributed by atoms with van der Waals surface area (Å²) >= 11 is 0. The first-order valence-corrected chi connectivity index (χ1v) is 9.40. The third kappa shape index (κ3) is 3.18. The Morgan fingerprint density at radius 1 is 1.28 bits per heavy atom. The summed E-state index contributed by atoms with van der Waals surface area (Å²) in [5.41, 5.74) is 0.810. The lowest BCUT2D eigenvalue weighted by atomic mass is 9.91. The van der Waals surface area contributed by atoms with Gasteiger partial charge < -0.3 is 9.64 Å². The third-order valence-electron chi connectivity index (χ3n) is 6.14. The zero-order valence-corrected chi connectivity index (χ0v) is 15.1. The molecule has 0 saturated carbocycles. The van der Waals surface area contributed by atoms with E-state index in [-0.39, 0.29) is 11.4 Å². The van der Waals surface area contributed by atoms with Crippen LogP contribution in [0.2, 0.25) is 0 Å². The van der Waals surface area contributed by atoms with Gasteiger partial charge in [-0.05, 0) is 30.9 Å². The van der Waals surface area contributed by atoms with Crippen LogP contribution in [-0.4, -0.2) is 83.6 Å². The second-order valence-electron chi connectivity index (χ2n) is 7.61. The fraction of sp³-hybridized carbons (Fsp3) is 0.684. The molecule has 0 aliphatic carbocycles. The van der Waals surface area contributed by atoms with E-state index in [9.17, 15) is 4.79 Å². The lowest BCUT2D eigenvalue weighted by molar-refractivity contribution is -0.149. The van der Waals surface area contributed by atoms with Crippen molar-refractivity contribution in [2.24, 2.45) is 0 Å². The van der Waals surface area contributed by atoms with Crippen molar-refractivity contribution in [1.29, 1.82) is 0 Å². The Morgan fingerprint density at radius 2 is 2.12 bits per heavy atom. The fourth-order valence-corrected chi connectivity index (χ4v) is 4.64. The highest BCUT2D eigenvalue weighted by molar-refractivity contribution is 5.87. The molecule has 3 saturated heterocycles. The molecular weight excluding hydrogens is 316 g/mol. The minimum absolute atomic E-state index is 0.289. The van der Waals surface area contributed by atoms with Gasteiger partial charge in [-0.15, -0.1) is 0 Å². The van der Waals surface area contributed by atoms with Crippen molar-refractivity contribution in [2.75, 3.05) is 46.4 Å². The van der Waals surface area contributed by atoms with Gasteiger partial charge in [0.2, 0.25) is 5.91 Å². The minimum atomic E-state index is -0.374. The van der Waals surface area contributed by atoms with Gasteiger partial charge in [0.25, 0.3) is 0 Å². The van der Waals surface area contributed by atoms with E-state index in [1.54, 1.807) is 6.20 Å². The molecule has 1 atom stereocenters. The molecule has 6 nitrogen and oxygen atoms in total. The number of likely N-dealkylation sites (tertiary alicyclic amines) is 1. The highest BCUT2D eigenvalue weighted by atomic mass is 16.5. The van der Waals surface area contributed by atoms with Gasteiger partial charge in [-0.1, -0.05) is 6.07 Å². The molecular formula is C19H28N4O2. The SMILES string of the molecule is CN1CCN(Cc2cccnc2)[C@]2(CCN(C3CCOCC3)C2)C1=O. The first-order valence-electron chi connectivity index (χ1n) is 9.40. The van der Waals surface area contributed by atoms with Gasteiger partial charge in [0.15, 0.2) is 0 Å². The molecule has 0 radical (unpaired) electrons. The molecule has 4 heterocycles. The average Bonchev–Trinajstić information content (AvgIpc) is 3.11. The maximum atomic E-state index is 13.2. The van der Waals surface area contributed by atoms with Crippen molar-refractivity contribution in [1.82, 2.24) is 19.7 Å². The molecule has 0 aromatic carbocycles. The number of hydrogen-bond acceptors (Lipinski definition) is 5. The number of rotatable bonds is 3. The highest BCUT2D eigenvalue weighted by Crippen LogP contribution is 2.36. The quantitative estimate of drug-likeness (QED) is 0.818. The minimum Gasteiger partial charge on any atom is -0.381 e. The van der Waals surface area contributed by atoms with E-state index in [2.05, 4.69) is 20.9 Å². The van der Waals surface area contributed by atoms with E-state index in [1.165, 1.54) is 5.56 Å². The van der Waals surface area contributed by atoms with Gasteiger partial charge in [-0.2, -0.15) is 0 Å². The van der Waals surface area contributed by atoms with Crippen molar-refractivity contribution >= 4 is 5.91 Å². The largest absolute Gasteiger partial charge is 0.381 e. The molecule has 1 amide bonds. The topological polar surface area (TPSA) is 48.9 Å².